The zero-order valence-corrected chi connectivity index (χ0v) is 14.1. The van der Waals surface area contributed by atoms with Crippen molar-refractivity contribution in [1.29, 1.82) is 0 Å². The van der Waals surface area contributed by atoms with Crippen molar-refractivity contribution >= 4 is 18.3 Å². The van der Waals surface area contributed by atoms with Crippen LogP contribution in [0.4, 0.5) is 4.39 Å². The second kappa shape index (κ2) is 9.11. The predicted octanol–water partition coefficient (Wildman–Crippen LogP) is 2.93. The Kier molecular flexibility index (Phi) is 7.83. The SMILES string of the molecule is CC(C)C(Cc1ccc(F)cc1)NC(=O)C1CCCNC1.Cl. The zero-order chi connectivity index (χ0) is 15.2. The van der Waals surface area contributed by atoms with Crippen LogP contribution < -0.4 is 10.6 Å². The van der Waals surface area contributed by atoms with Gasteiger partial charge in [0.1, 0.15) is 5.82 Å². The molecule has 1 saturated heterocycles. The molecular weight excluding hydrogens is 303 g/mol. The molecule has 0 bridgehead atoms. The van der Waals surface area contributed by atoms with E-state index >= 15 is 0 Å². The first kappa shape index (κ1) is 18.9. The van der Waals surface area contributed by atoms with Crippen molar-refractivity contribution < 1.29 is 9.18 Å². The highest BCUT2D eigenvalue weighted by Crippen LogP contribution is 2.14. The molecule has 1 amide bonds. The second-order valence-electron chi connectivity index (χ2n) is 6.23. The molecule has 0 radical (unpaired) electrons. The fraction of sp³-hybridized carbons (Fsp3) is 0.588. The first-order valence-corrected chi connectivity index (χ1v) is 7.82. The number of amides is 1. The van der Waals surface area contributed by atoms with Crippen LogP contribution >= 0.6 is 12.4 Å². The topological polar surface area (TPSA) is 41.1 Å². The fourth-order valence-electron chi connectivity index (χ4n) is 2.70. The van der Waals surface area contributed by atoms with Crippen LogP contribution in [-0.4, -0.2) is 25.0 Å². The van der Waals surface area contributed by atoms with Gasteiger partial charge in [-0.2, -0.15) is 0 Å². The maximum absolute atomic E-state index is 13.0. The van der Waals surface area contributed by atoms with Crippen molar-refractivity contribution in [3.8, 4) is 0 Å². The normalized spacial score (nSPS) is 19.4. The summed E-state index contributed by atoms with van der Waals surface area (Å²) in [6.07, 6.45) is 2.76. The van der Waals surface area contributed by atoms with Crippen molar-refractivity contribution in [1.82, 2.24) is 10.6 Å². The monoisotopic (exact) mass is 328 g/mol. The number of hydrogen-bond acceptors (Lipinski definition) is 2. The minimum atomic E-state index is -0.225. The van der Waals surface area contributed by atoms with E-state index < -0.39 is 0 Å². The molecule has 2 N–H and O–H groups in total. The van der Waals surface area contributed by atoms with Crippen molar-refractivity contribution in [3.63, 3.8) is 0 Å². The van der Waals surface area contributed by atoms with Gasteiger partial charge in [-0.05, 0) is 49.4 Å². The summed E-state index contributed by atoms with van der Waals surface area (Å²) in [5.74, 6) is 0.337. The van der Waals surface area contributed by atoms with E-state index in [9.17, 15) is 9.18 Å². The molecule has 22 heavy (non-hydrogen) atoms. The molecule has 1 aromatic rings. The Bertz CT molecular complexity index is 458. The Hall–Kier alpha value is -1.13. The van der Waals surface area contributed by atoms with E-state index in [1.165, 1.54) is 12.1 Å². The van der Waals surface area contributed by atoms with Gasteiger partial charge in [-0.25, -0.2) is 4.39 Å². The van der Waals surface area contributed by atoms with Crippen LogP contribution in [0.1, 0.15) is 32.3 Å². The van der Waals surface area contributed by atoms with Gasteiger partial charge in [0.2, 0.25) is 5.91 Å². The molecule has 1 heterocycles. The number of nitrogens with one attached hydrogen (secondary N) is 2. The largest absolute Gasteiger partial charge is 0.352 e. The van der Waals surface area contributed by atoms with Crippen molar-refractivity contribution in [2.45, 2.75) is 39.2 Å². The van der Waals surface area contributed by atoms with E-state index in [-0.39, 0.29) is 36.1 Å². The fourth-order valence-corrected chi connectivity index (χ4v) is 2.70. The number of hydrogen-bond donors (Lipinski definition) is 2. The lowest BCUT2D eigenvalue weighted by molar-refractivity contribution is -0.126. The minimum Gasteiger partial charge on any atom is -0.352 e. The Balaban J connectivity index is 0.00000242. The van der Waals surface area contributed by atoms with Crippen LogP contribution in [0.15, 0.2) is 24.3 Å². The minimum absolute atomic E-state index is 0. The lowest BCUT2D eigenvalue weighted by Gasteiger charge is -2.27. The number of halogens is 2. The van der Waals surface area contributed by atoms with Gasteiger partial charge in [0, 0.05) is 12.6 Å². The maximum Gasteiger partial charge on any atom is 0.224 e. The van der Waals surface area contributed by atoms with Crippen LogP contribution in [0.2, 0.25) is 0 Å². The molecule has 1 aliphatic rings. The van der Waals surface area contributed by atoms with Crippen molar-refractivity contribution in [3.05, 3.63) is 35.6 Å². The third-order valence-electron chi connectivity index (χ3n) is 4.17. The summed E-state index contributed by atoms with van der Waals surface area (Å²) >= 11 is 0. The van der Waals surface area contributed by atoms with Gasteiger partial charge in [0.05, 0.1) is 5.92 Å². The summed E-state index contributed by atoms with van der Waals surface area (Å²) in [4.78, 5) is 12.3. The molecule has 1 aliphatic heterocycles. The summed E-state index contributed by atoms with van der Waals surface area (Å²) < 4.78 is 13.0. The van der Waals surface area contributed by atoms with E-state index in [4.69, 9.17) is 0 Å². The van der Waals surface area contributed by atoms with Crippen LogP contribution in [0.3, 0.4) is 0 Å². The average molecular weight is 329 g/mol. The van der Waals surface area contributed by atoms with Gasteiger partial charge in [-0.3, -0.25) is 4.79 Å². The molecule has 2 unspecified atom stereocenters. The molecule has 5 heteroatoms. The Morgan fingerprint density at radius 2 is 2.05 bits per heavy atom. The van der Waals surface area contributed by atoms with E-state index in [1.807, 2.05) is 0 Å². The Morgan fingerprint density at radius 3 is 2.59 bits per heavy atom. The molecule has 2 atom stereocenters. The third-order valence-corrected chi connectivity index (χ3v) is 4.17. The van der Waals surface area contributed by atoms with E-state index in [1.54, 1.807) is 12.1 Å². The lowest BCUT2D eigenvalue weighted by Crippen LogP contribution is -2.46. The van der Waals surface area contributed by atoms with Crippen LogP contribution in [-0.2, 0) is 11.2 Å². The highest BCUT2D eigenvalue weighted by atomic mass is 35.5. The van der Waals surface area contributed by atoms with Gasteiger partial charge < -0.3 is 10.6 Å². The van der Waals surface area contributed by atoms with Crippen LogP contribution in [0.25, 0.3) is 0 Å². The summed E-state index contributed by atoms with van der Waals surface area (Å²) in [6, 6.07) is 6.61. The molecular formula is C17H26ClFN2O. The quantitative estimate of drug-likeness (QED) is 0.872. The standard InChI is InChI=1S/C17H25FN2O.ClH/c1-12(2)16(10-13-5-7-15(18)8-6-13)20-17(21)14-4-3-9-19-11-14;/h5-8,12,14,16,19H,3-4,9-11H2,1-2H3,(H,20,21);1H. The highest BCUT2D eigenvalue weighted by molar-refractivity contribution is 5.85. The molecule has 2 rings (SSSR count). The first-order valence-electron chi connectivity index (χ1n) is 7.82. The number of carbonyl (C=O) groups is 1. The van der Waals surface area contributed by atoms with Gasteiger partial charge in [-0.1, -0.05) is 26.0 Å². The highest BCUT2D eigenvalue weighted by Gasteiger charge is 2.24. The molecule has 0 aromatic heterocycles. The lowest BCUT2D eigenvalue weighted by atomic mass is 9.93. The summed E-state index contributed by atoms with van der Waals surface area (Å²) in [5, 5.41) is 6.45. The first-order chi connectivity index (χ1) is 10.1. The third kappa shape index (κ3) is 5.58. The van der Waals surface area contributed by atoms with Gasteiger partial charge >= 0.3 is 0 Å². The van der Waals surface area contributed by atoms with E-state index in [2.05, 4.69) is 24.5 Å². The number of benzene rings is 1. The van der Waals surface area contributed by atoms with Crippen LogP contribution in [0, 0.1) is 17.7 Å². The van der Waals surface area contributed by atoms with Crippen molar-refractivity contribution in [2.24, 2.45) is 11.8 Å². The smallest absolute Gasteiger partial charge is 0.224 e. The number of rotatable bonds is 5. The Morgan fingerprint density at radius 1 is 1.36 bits per heavy atom. The van der Waals surface area contributed by atoms with Gasteiger partial charge in [0.15, 0.2) is 0 Å². The second-order valence-corrected chi connectivity index (χ2v) is 6.23. The predicted molar refractivity (Wildman–Crippen MR) is 89.7 cm³/mol. The molecule has 1 fully saturated rings. The Labute approximate surface area is 138 Å². The van der Waals surface area contributed by atoms with Crippen molar-refractivity contribution in [2.75, 3.05) is 13.1 Å². The summed E-state index contributed by atoms with van der Waals surface area (Å²) in [6.45, 7) is 5.99. The zero-order valence-electron chi connectivity index (χ0n) is 13.3. The molecule has 0 spiro atoms. The maximum atomic E-state index is 13.0. The molecule has 1 aromatic carbocycles. The summed E-state index contributed by atoms with van der Waals surface area (Å²) in [5.41, 5.74) is 1.05. The summed E-state index contributed by atoms with van der Waals surface area (Å²) in [7, 11) is 0. The van der Waals surface area contributed by atoms with Crippen LogP contribution in [0.5, 0.6) is 0 Å². The molecule has 124 valence electrons. The number of piperidine rings is 1. The molecule has 0 saturated carbocycles. The average Bonchev–Trinajstić information content (AvgIpc) is 2.49. The van der Waals surface area contributed by atoms with E-state index in [0.717, 1.165) is 37.9 Å². The number of carbonyl (C=O) groups excluding carboxylic acids is 1. The molecule has 3 nitrogen and oxygen atoms in total. The van der Waals surface area contributed by atoms with Gasteiger partial charge in [0.25, 0.3) is 0 Å². The van der Waals surface area contributed by atoms with Gasteiger partial charge in [-0.15, -0.1) is 12.4 Å². The molecule has 0 aliphatic carbocycles. The van der Waals surface area contributed by atoms with E-state index in [0.29, 0.717) is 5.92 Å².